The average molecular weight is 394 g/mol. The Kier molecular flexibility index (Phi) is 4.10. The lowest BCUT2D eigenvalue weighted by atomic mass is 9.70. The number of aromatic nitrogens is 2. The lowest BCUT2D eigenvalue weighted by molar-refractivity contribution is -0.104. The maximum Gasteiger partial charge on any atom is 0.156 e. The first-order valence-electron chi connectivity index (χ1n) is 9.04. The molecule has 2 aliphatic rings. The van der Waals surface area contributed by atoms with Crippen molar-refractivity contribution in [1.82, 2.24) is 9.78 Å². The molecule has 0 aromatic carbocycles. The molecule has 136 valence electrons. The molecule has 5 rings (SSSR count). The molecule has 1 N–H and O–H groups in total. The molecule has 6 heteroatoms. The Bertz CT molecular complexity index is 974. The van der Waals surface area contributed by atoms with Gasteiger partial charge in [-0.1, -0.05) is 12.2 Å². The van der Waals surface area contributed by atoms with Gasteiger partial charge in [-0.05, 0) is 63.7 Å². The van der Waals surface area contributed by atoms with Crippen LogP contribution in [0, 0.1) is 0 Å². The average Bonchev–Trinajstić information content (AvgIpc) is 3.14. The first-order valence-corrected chi connectivity index (χ1v) is 10.9. The molecule has 0 amide bonds. The van der Waals surface area contributed by atoms with Crippen LogP contribution in [-0.2, 0) is 16.6 Å². The predicted molar refractivity (Wildman–Crippen MR) is 112 cm³/mol. The van der Waals surface area contributed by atoms with Gasteiger partial charge in [-0.3, -0.25) is 4.79 Å². The van der Waals surface area contributed by atoms with Gasteiger partial charge in [0.05, 0.1) is 5.69 Å². The topological polar surface area (TPSA) is 46.9 Å². The summed E-state index contributed by atoms with van der Waals surface area (Å²) >= 11 is 3.45. The molecule has 0 bridgehead atoms. The van der Waals surface area contributed by atoms with Crippen LogP contribution < -0.4 is 5.32 Å². The van der Waals surface area contributed by atoms with Crippen LogP contribution in [0.1, 0.15) is 35.2 Å². The van der Waals surface area contributed by atoms with E-state index < -0.39 is 0 Å². The molecular weight excluding hydrogens is 374 g/mol. The molecule has 0 atom stereocenters. The predicted octanol–water partition coefficient (Wildman–Crippen LogP) is 4.81. The maximum atomic E-state index is 10.9. The number of aldehydes is 1. The second kappa shape index (κ2) is 6.62. The summed E-state index contributed by atoms with van der Waals surface area (Å²) in [5.41, 5.74) is 4.68. The van der Waals surface area contributed by atoms with Crippen LogP contribution in [0.25, 0.3) is 12.3 Å². The first kappa shape index (κ1) is 16.7. The van der Waals surface area contributed by atoms with Crippen LogP contribution in [0.5, 0.6) is 0 Å². The number of nitrogens with zero attached hydrogens (tertiary/aromatic N) is 2. The second-order valence-corrected chi connectivity index (χ2v) is 8.62. The van der Waals surface area contributed by atoms with Crippen LogP contribution in [0.2, 0.25) is 0 Å². The van der Waals surface area contributed by atoms with Gasteiger partial charge in [0.15, 0.2) is 5.82 Å². The smallest absolute Gasteiger partial charge is 0.156 e. The van der Waals surface area contributed by atoms with E-state index in [1.807, 2.05) is 4.68 Å². The normalized spacial score (nSPS) is 17.9. The van der Waals surface area contributed by atoms with Crippen molar-refractivity contribution in [2.45, 2.75) is 30.7 Å². The van der Waals surface area contributed by atoms with Crippen molar-refractivity contribution >= 4 is 47.1 Å². The van der Waals surface area contributed by atoms with Crippen LogP contribution in [0.3, 0.4) is 0 Å². The first-order chi connectivity index (χ1) is 13.3. The number of carbonyl (C=O) groups excluding carboxylic acids is 1. The maximum absolute atomic E-state index is 10.9. The van der Waals surface area contributed by atoms with E-state index in [0.29, 0.717) is 6.04 Å². The Morgan fingerprint density at radius 2 is 1.93 bits per heavy atom. The summed E-state index contributed by atoms with van der Waals surface area (Å²) in [6.07, 6.45) is 11.8. The van der Waals surface area contributed by atoms with Gasteiger partial charge in [-0.15, -0.1) is 0 Å². The lowest BCUT2D eigenvalue weighted by Crippen LogP contribution is -2.30. The van der Waals surface area contributed by atoms with Crippen molar-refractivity contribution in [3.05, 3.63) is 68.2 Å². The van der Waals surface area contributed by atoms with Gasteiger partial charge in [0.2, 0.25) is 0 Å². The zero-order valence-electron chi connectivity index (χ0n) is 14.7. The van der Waals surface area contributed by atoms with E-state index in [1.165, 1.54) is 30.0 Å². The van der Waals surface area contributed by atoms with Crippen LogP contribution >= 0.6 is 22.7 Å². The zero-order valence-corrected chi connectivity index (χ0v) is 16.3. The highest BCUT2D eigenvalue weighted by Crippen LogP contribution is 2.44. The largest absolute Gasteiger partial charge is 0.365 e. The number of allylic oxidation sites excluding steroid dienone is 2. The fourth-order valence-electron chi connectivity index (χ4n) is 3.75. The highest BCUT2D eigenvalue weighted by Gasteiger charge is 2.38. The molecule has 3 aromatic rings. The molecule has 0 aliphatic heterocycles. The Hall–Kier alpha value is -2.44. The molecule has 4 nitrogen and oxygen atoms in total. The standard InChI is InChI=1S/C21H19N3OS2/c25-9-1-8-24-19-12-21(15-5-10-26-13-15,16-6-11-27-14-16)7-4-18(19)20(23-24)22-17-2-3-17/h1,4-11,13-14,17H,2-3,12H2,(H,22,23). The van der Waals surface area contributed by atoms with E-state index in [0.717, 1.165) is 29.8 Å². The highest BCUT2D eigenvalue weighted by molar-refractivity contribution is 7.08. The van der Waals surface area contributed by atoms with Gasteiger partial charge in [0, 0.05) is 29.6 Å². The monoisotopic (exact) mass is 393 g/mol. The van der Waals surface area contributed by atoms with Crippen molar-refractivity contribution in [3.8, 4) is 0 Å². The lowest BCUT2D eigenvalue weighted by Gasteiger charge is -2.33. The number of hydrogen-bond acceptors (Lipinski definition) is 5. The molecular formula is C21H19N3OS2. The molecule has 0 spiro atoms. The Balaban J connectivity index is 1.65. The number of fused-ring (bicyclic) bond motifs is 1. The number of anilines is 1. The molecule has 27 heavy (non-hydrogen) atoms. The zero-order chi connectivity index (χ0) is 18.3. The molecule has 3 aromatic heterocycles. The summed E-state index contributed by atoms with van der Waals surface area (Å²) in [6.45, 7) is 0. The van der Waals surface area contributed by atoms with E-state index in [4.69, 9.17) is 5.10 Å². The van der Waals surface area contributed by atoms with E-state index >= 15 is 0 Å². The molecule has 0 saturated heterocycles. The molecule has 0 unspecified atom stereocenters. The Labute approximate surface area is 165 Å². The fraction of sp³-hybridized carbons (Fsp3) is 0.238. The molecule has 1 fully saturated rings. The number of nitrogens with one attached hydrogen (secondary N) is 1. The summed E-state index contributed by atoms with van der Waals surface area (Å²) in [4.78, 5) is 10.9. The number of carbonyl (C=O) groups is 1. The van der Waals surface area contributed by atoms with Gasteiger partial charge in [-0.25, -0.2) is 4.68 Å². The van der Waals surface area contributed by atoms with E-state index in [2.05, 4.69) is 51.1 Å². The van der Waals surface area contributed by atoms with Crippen LogP contribution in [0.4, 0.5) is 5.82 Å². The number of rotatable bonds is 6. The van der Waals surface area contributed by atoms with Crippen LogP contribution in [-0.4, -0.2) is 22.1 Å². The summed E-state index contributed by atoms with van der Waals surface area (Å²) in [7, 11) is 0. The van der Waals surface area contributed by atoms with E-state index in [-0.39, 0.29) is 5.41 Å². The van der Waals surface area contributed by atoms with Gasteiger partial charge in [0.25, 0.3) is 0 Å². The third-order valence-corrected chi connectivity index (χ3v) is 6.69. The van der Waals surface area contributed by atoms with E-state index in [9.17, 15) is 4.79 Å². The van der Waals surface area contributed by atoms with Crippen molar-refractivity contribution in [2.75, 3.05) is 5.32 Å². The van der Waals surface area contributed by atoms with Gasteiger partial charge < -0.3 is 5.32 Å². The minimum absolute atomic E-state index is 0.198. The summed E-state index contributed by atoms with van der Waals surface area (Å²) < 4.78 is 1.87. The second-order valence-electron chi connectivity index (χ2n) is 7.06. The van der Waals surface area contributed by atoms with Gasteiger partial charge in [0.1, 0.15) is 6.29 Å². The number of hydrogen-bond donors (Lipinski definition) is 1. The summed E-state index contributed by atoms with van der Waals surface area (Å²) in [6, 6.07) is 4.95. The van der Waals surface area contributed by atoms with Crippen molar-refractivity contribution < 1.29 is 4.79 Å². The van der Waals surface area contributed by atoms with Gasteiger partial charge in [-0.2, -0.15) is 27.8 Å². The summed E-state index contributed by atoms with van der Waals surface area (Å²) in [5, 5.41) is 17.0. The minimum atomic E-state index is -0.198. The Morgan fingerprint density at radius 1 is 1.19 bits per heavy atom. The SMILES string of the molecule is O=CC=Cn1nc(NC2CC2)c2c1CC(c1ccsc1)(c1ccsc1)C=C2. The minimum Gasteiger partial charge on any atom is -0.365 e. The van der Waals surface area contributed by atoms with Gasteiger partial charge >= 0.3 is 0 Å². The molecule has 3 heterocycles. The quantitative estimate of drug-likeness (QED) is 0.483. The summed E-state index contributed by atoms with van der Waals surface area (Å²) in [5.74, 6) is 0.920. The third-order valence-electron chi connectivity index (χ3n) is 5.33. The van der Waals surface area contributed by atoms with Crippen molar-refractivity contribution in [2.24, 2.45) is 0 Å². The highest BCUT2D eigenvalue weighted by atomic mass is 32.1. The molecule has 0 radical (unpaired) electrons. The van der Waals surface area contributed by atoms with Crippen molar-refractivity contribution in [3.63, 3.8) is 0 Å². The molecule has 1 saturated carbocycles. The number of thiophene rings is 2. The van der Waals surface area contributed by atoms with E-state index in [1.54, 1.807) is 28.9 Å². The van der Waals surface area contributed by atoms with Crippen molar-refractivity contribution in [1.29, 1.82) is 0 Å². The Morgan fingerprint density at radius 3 is 2.52 bits per heavy atom. The fourth-order valence-corrected chi connectivity index (χ4v) is 5.23. The third kappa shape index (κ3) is 2.89. The van der Waals surface area contributed by atoms with Crippen LogP contribution in [0.15, 0.2) is 45.8 Å². The molecule has 2 aliphatic carbocycles.